The van der Waals surface area contributed by atoms with Gasteiger partial charge in [0.05, 0.1) is 6.04 Å². The molecule has 1 heterocycles. The van der Waals surface area contributed by atoms with E-state index >= 15 is 0 Å². The highest BCUT2D eigenvalue weighted by molar-refractivity contribution is 7.12. The third-order valence-corrected chi connectivity index (χ3v) is 4.05. The molecule has 2 N–H and O–H groups in total. The van der Waals surface area contributed by atoms with Gasteiger partial charge in [0.2, 0.25) is 0 Å². The second-order valence-corrected chi connectivity index (χ2v) is 6.70. The molecule has 1 unspecified atom stereocenters. The number of nitrogens with zero attached hydrogens (tertiary/aromatic N) is 1. The number of hydrogen-bond donors (Lipinski definition) is 1. The fraction of sp³-hybridized carbons (Fsp3) is 0.714. The first-order valence-electron chi connectivity index (χ1n) is 6.47. The van der Waals surface area contributed by atoms with Crippen molar-refractivity contribution in [2.75, 3.05) is 13.1 Å². The largest absolute Gasteiger partial charge is 0.329 e. The molecule has 1 aromatic rings. The summed E-state index contributed by atoms with van der Waals surface area (Å²) in [6.45, 7) is 13.0. The summed E-state index contributed by atoms with van der Waals surface area (Å²) in [6.07, 6.45) is 0. The maximum absolute atomic E-state index is 5.99. The summed E-state index contributed by atoms with van der Waals surface area (Å²) in [5, 5.41) is 0. The van der Waals surface area contributed by atoms with Crippen LogP contribution in [0, 0.1) is 12.8 Å². The van der Waals surface area contributed by atoms with Crippen molar-refractivity contribution in [2.24, 2.45) is 11.7 Å². The van der Waals surface area contributed by atoms with Crippen molar-refractivity contribution in [1.29, 1.82) is 0 Å². The summed E-state index contributed by atoms with van der Waals surface area (Å²) < 4.78 is 0. The van der Waals surface area contributed by atoms with E-state index in [0.717, 1.165) is 6.54 Å². The van der Waals surface area contributed by atoms with E-state index < -0.39 is 0 Å². The van der Waals surface area contributed by atoms with Gasteiger partial charge in [0.25, 0.3) is 0 Å². The summed E-state index contributed by atoms with van der Waals surface area (Å²) in [5.74, 6) is 0.674. The van der Waals surface area contributed by atoms with Gasteiger partial charge in [-0.05, 0) is 38.8 Å². The van der Waals surface area contributed by atoms with Crippen LogP contribution < -0.4 is 5.73 Å². The van der Waals surface area contributed by atoms with E-state index in [-0.39, 0.29) is 0 Å². The first-order chi connectivity index (χ1) is 7.95. The molecule has 1 rings (SSSR count). The predicted octanol–water partition coefficient (Wildman–Crippen LogP) is 3.42. The molecule has 0 saturated carbocycles. The van der Waals surface area contributed by atoms with E-state index in [4.69, 9.17) is 5.73 Å². The maximum atomic E-state index is 5.99. The average Bonchev–Trinajstić information content (AvgIpc) is 2.64. The van der Waals surface area contributed by atoms with Crippen molar-refractivity contribution in [3.05, 3.63) is 21.9 Å². The molecular formula is C14H26N2S. The van der Waals surface area contributed by atoms with Crippen LogP contribution in [0.3, 0.4) is 0 Å². The van der Waals surface area contributed by atoms with Crippen LogP contribution in [-0.4, -0.2) is 24.0 Å². The first kappa shape index (κ1) is 14.7. The number of aryl methyl sites for hydroxylation is 1. The van der Waals surface area contributed by atoms with E-state index in [1.165, 1.54) is 9.75 Å². The normalized spacial score (nSPS) is 13.9. The molecule has 3 heteroatoms. The molecule has 1 atom stereocenters. The zero-order valence-electron chi connectivity index (χ0n) is 11.7. The van der Waals surface area contributed by atoms with Crippen LogP contribution in [-0.2, 0) is 0 Å². The third kappa shape index (κ3) is 4.09. The molecule has 2 nitrogen and oxygen atoms in total. The molecule has 0 spiro atoms. The van der Waals surface area contributed by atoms with Crippen molar-refractivity contribution < 1.29 is 0 Å². The van der Waals surface area contributed by atoms with Gasteiger partial charge in [-0.3, -0.25) is 4.90 Å². The quantitative estimate of drug-likeness (QED) is 0.843. The van der Waals surface area contributed by atoms with Crippen molar-refractivity contribution in [3.8, 4) is 0 Å². The molecule has 0 aliphatic rings. The Morgan fingerprint density at radius 2 is 1.88 bits per heavy atom. The summed E-state index contributed by atoms with van der Waals surface area (Å²) in [4.78, 5) is 5.29. The predicted molar refractivity (Wildman–Crippen MR) is 77.5 cm³/mol. The monoisotopic (exact) mass is 254 g/mol. The van der Waals surface area contributed by atoms with Crippen LogP contribution in [0.15, 0.2) is 12.1 Å². The van der Waals surface area contributed by atoms with Crippen LogP contribution in [0.5, 0.6) is 0 Å². The number of hydrogen-bond acceptors (Lipinski definition) is 3. The third-order valence-electron chi connectivity index (χ3n) is 2.95. The summed E-state index contributed by atoms with van der Waals surface area (Å²) >= 11 is 1.87. The summed E-state index contributed by atoms with van der Waals surface area (Å²) in [6, 6.07) is 5.33. The second-order valence-electron chi connectivity index (χ2n) is 5.38. The van der Waals surface area contributed by atoms with Crippen molar-refractivity contribution >= 4 is 11.3 Å². The van der Waals surface area contributed by atoms with Crippen LogP contribution >= 0.6 is 11.3 Å². The van der Waals surface area contributed by atoms with Crippen LogP contribution in [0.1, 0.15) is 43.5 Å². The SMILES string of the molecule is Cc1ccc(C(CN)N(CC(C)C)C(C)C)s1. The van der Waals surface area contributed by atoms with E-state index in [2.05, 4.69) is 51.7 Å². The van der Waals surface area contributed by atoms with Gasteiger partial charge in [0.1, 0.15) is 0 Å². The molecule has 0 radical (unpaired) electrons. The van der Waals surface area contributed by atoms with E-state index in [1.54, 1.807) is 0 Å². The first-order valence-corrected chi connectivity index (χ1v) is 7.29. The minimum Gasteiger partial charge on any atom is -0.329 e. The van der Waals surface area contributed by atoms with E-state index in [0.29, 0.717) is 24.5 Å². The molecule has 0 aliphatic carbocycles. The Hall–Kier alpha value is -0.380. The molecule has 1 aromatic heterocycles. The van der Waals surface area contributed by atoms with Gasteiger partial charge in [-0.2, -0.15) is 0 Å². The lowest BCUT2D eigenvalue weighted by molar-refractivity contribution is 0.140. The van der Waals surface area contributed by atoms with Gasteiger partial charge < -0.3 is 5.73 Å². The van der Waals surface area contributed by atoms with E-state index in [9.17, 15) is 0 Å². The summed E-state index contributed by atoms with van der Waals surface area (Å²) in [5.41, 5.74) is 5.99. The summed E-state index contributed by atoms with van der Waals surface area (Å²) in [7, 11) is 0. The van der Waals surface area contributed by atoms with Gasteiger partial charge in [0.15, 0.2) is 0 Å². The Morgan fingerprint density at radius 1 is 1.24 bits per heavy atom. The van der Waals surface area contributed by atoms with Gasteiger partial charge in [-0.15, -0.1) is 11.3 Å². The highest BCUT2D eigenvalue weighted by Gasteiger charge is 2.23. The van der Waals surface area contributed by atoms with Crippen molar-refractivity contribution in [1.82, 2.24) is 4.90 Å². The van der Waals surface area contributed by atoms with Gasteiger partial charge in [-0.25, -0.2) is 0 Å². The lowest BCUT2D eigenvalue weighted by Gasteiger charge is -2.35. The lowest BCUT2D eigenvalue weighted by Crippen LogP contribution is -2.40. The second kappa shape index (κ2) is 6.53. The molecule has 0 bridgehead atoms. The zero-order valence-corrected chi connectivity index (χ0v) is 12.6. The minimum atomic E-state index is 0.371. The number of thiophene rings is 1. The Labute approximate surface area is 110 Å². The average molecular weight is 254 g/mol. The topological polar surface area (TPSA) is 29.3 Å². The van der Waals surface area contributed by atoms with Gasteiger partial charge in [-0.1, -0.05) is 13.8 Å². The smallest absolute Gasteiger partial charge is 0.0566 e. The van der Waals surface area contributed by atoms with Gasteiger partial charge in [0, 0.05) is 28.9 Å². The fourth-order valence-electron chi connectivity index (χ4n) is 2.17. The maximum Gasteiger partial charge on any atom is 0.0566 e. The highest BCUT2D eigenvalue weighted by Crippen LogP contribution is 2.28. The van der Waals surface area contributed by atoms with Crippen LogP contribution in [0.4, 0.5) is 0 Å². The van der Waals surface area contributed by atoms with Crippen molar-refractivity contribution in [2.45, 2.75) is 46.7 Å². The molecule has 0 fully saturated rings. The molecular weight excluding hydrogens is 228 g/mol. The Morgan fingerprint density at radius 3 is 2.24 bits per heavy atom. The fourth-order valence-corrected chi connectivity index (χ4v) is 3.18. The van der Waals surface area contributed by atoms with Crippen LogP contribution in [0.2, 0.25) is 0 Å². The Kier molecular flexibility index (Phi) is 5.63. The number of rotatable bonds is 6. The lowest BCUT2D eigenvalue weighted by atomic mass is 10.1. The highest BCUT2D eigenvalue weighted by atomic mass is 32.1. The molecule has 98 valence electrons. The van der Waals surface area contributed by atoms with Gasteiger partial charge >= 0.3 is 0 Å². The molecule has 17 heavy (non-hydrogen) atoms. The molecule has 0 aromatic carbocycles. The molecule has 0 saturated heterocycles. The van der Waals surface area contributed by atoms with Crippen LogP contribution in [0.25, 0.3) is 0 Å². The number of nitrogens with two attached hydrogens (primary N) is 1. The minimum absolute atomic E-state index is 0.371. The van der Waals surface area contributed by atoms with E-state index in [1.807, 2.05) is 11.3 Å². The standard InChI is InChI=1S/C14H26N2S/c1-10(2)9-16(11(3)4)13(8-15)14-7-6-12(5)17-14/h6-7,10-11,13H,8-9,15H2,1-5H3. The van der Waals surface area contributed by atoms with Crippen molar-refractivity contribution in [3.63, 3.8) is 0 Å². The molecule has 0 amide bonds. The molecule has 0 aliphatic heterocycles. The zero-order chi connectivity index (χ0) is 13.0. The Balaban J connectivity index is 2.88. The Bertz CT molecular complexity index is 331.